The maximum absolute atomic E-state index is 11.5. The van der Waals surface area contributed by atoms with E-state index in [1.165, 1.54) is 6.07 Å². The molecule has 0 saturated carbocycles. The van der Waals surface area contributed by atoms with E-state index in [-0.39, 0.29) is 12.1 Å². The van der Waals surface area contributed by atoms with Crippen LogP contribution in [0.3, 0.4) is 0 Å². The first-order chi connectivity index (χ1) is 9.26. The van der Waals surface area contributed by atoms with Crippen LogP contribution in [0.1, 0.15) is 17.6 Å². The number of nitrogens with one attached hydrogen (secondary N) is 1. The number of aromatic nitrogens is 2. The Balaban J connectivity index is 1.93. The van der Waals surface area contributed by atoms with E-state index in [1.54, 1.807) is 0 Å². The number of rotatable bonds is 2. The predicted octanol–water partition coefficient (Wildman–Crippen LogP) is 0.741. The molecule has 1 aromatic carbocycles. The second-order valence-corrected chi connectivity index (χ2v) is 4.19. The number of nitrogens with two attached hydrogens (primary N) is 1. The summed E-state index contributed by atoms with van der Waals surface area (Å²) < 4.78 is 11.4. The summed E-state index contributed by atoms with van der Waals surface area (Å²) in [7, 11) is 0. The molecule has 19 heavy (non-hydrogen) atoms. The fourth-order valence-corrected chi connectivity index (χ4v) is 1.94. The van der Waals surface area contributed by atoms with Crippen LogP contribution in [0.5, 0.6) is 11.5 Å². The molecule has 0 amide bonds. The summed E-state index contributed by atoms with van der Waals surface area (Å²) in [5.74, 6) is 1.76. The van der Waals surface area contributed by atoms with Crippen molar-refractivity contribution in [2.24, 2.45) is 5.73 Å². The van der Waals surface area contributed by atoms with Gasteiger partial charge in [-0.25, -0.2) is 4.98 Å². The lowest BCUT2D eigenvalue weighted by Crippen LogP contribution is -2.26. The highest BCUT2D eigenvalue weighted by atomic mass is 16.6. The highest BCUT2D eigenvalue weighted by molar-refractivity contribution is 5.41. The second kappa shape index (κ2) is 4.74. The van der Waals surface area contributed by atoms with Gasteiger partial charge in [0.05, 0.1) is 5.69 Å². The Labute approximate surface area is 109 Å². The van der Waals surface area contributed by atoms with Crippen molar-refractivity contribution in [3.05, 3.63) is 52.2 Å². The largest absolute Gasteiger partial charge is 0.485 e. The van der Waals surface area contributed by atoms with Crippen molar-refractivity contribution >= 4 is 0 Å². The molecule has 1 atom stereocenters. The second-order valence-electron chi connectivity index (χ2n) is 4.19. The van der Waals surface area contributed by atoms with Crippen molar-refractivity contribution in [2.45, 2.75) is 12.6 Å². The summed E-state index contributed by atoms with van der Waals surface area (Å²) in [5, 5.41) is 0. The van der Waals surface area contributed by atoms with Crippen LogP contribution in [0.2, 0.25) is 0 Å². The third-order valence-electron chi connectivity index (χ3n) is 2.84. The van der Waals surface area contributed by atoms with E-state index in [0.29, 0.717) is 29.6 Å². The molecule has 98 valence electrons. The van der Waals surface area contributed by atoms with Crippen molar-refractivity contribution in [1.82, 2.24) is 9.97 Å². The highest BCUT2D eigenvalue weighted by Gasteiger charge is 2.24. The van der Waals surface area contributed by atoms with Gasteiger partial charge in [0, 0.05) is 12.6 Å². The van der Waals surface area contributed by atoms with Gasteiger partial charge in [-0.2, -0.15) is 0 Å². The summed E-state index contributed by atoms with van der Waals surface area (Å²) in [5.41, 5.74) is 5.79. The molecule has 6 heteroatoms. The lowest BCUT2D eigenvalue weighted by Gasteiger charge is -2.25. The quantitative estimate of drug-likeness (QED) is 0.830. The zero-order valence-corrected chi connectivity index (χ0v) is 10.1. The Hall–Kier alpha value is -2.34. The fraction of sp³-hybridized carbons (Fsp3) is 0.231. The van der Waals surface area contributed by atoms with Crippen LogP contribution in [-0.4, -0.2) is 16.6 Å². The molecule has 0 bridgehead atoms. The molecule has 0 spiro atoms. The number of H-pyrrole nitrogens is 1. The molecular weight excluding hydrogens is 246 g/mol. The first-order valence-corrected chi connectivity index (χ1v) is 5.95. The summed E-state index contributed by atoms with van der Waals surface area (Å²) in [4.78, 5) is 18.4. The number of hydrogen-bond donors (Lipinski definition) is 2. The average Bonchev–Trinajstić information content (AvgIpc) is 2.46. The zero-order chi connectivity index (χ0) is 13.2. The number of benzene rings is 1. The van der Waals surface area contributed by atoms with Gasteiger partial charge in [-0.3, -0.25) is 4.79 Å². The van der Waals surface area contributed by atoms with Gasteiger partial charge in [0.1, 0.15) is 6.61 Å². The molecular formula is C13H13N3O3. The van der Waals surface area contributed by atoms with Gasteiger partial charge in [0.15, 0.2) is 23.4 Å². The molecule has 6 nitrogen and oxygen atoms in total. The molecule has 1 aliphatic rings. The number of fused-ring (bicyclic) bond motifs is 1. The molecule has 1 aliphatic heterocycles. The molecule has 0 radical (unpaired) electrons. The lowest BCUT2D eigenvalue weighted by molar-refractivity contribution is 0.0847. The van der Waals surface area contributed by atoms with Crippen molar-refractivity contribution in [3.63, 3.8) is 0 Å². The van der Waals surface area contributed by atoms with E-state index in [9.17, 15) is 4.79 Å². The van der Waals surface area contributed by atoms with Crippen LogP contribution < -0.4 is 20.8 Å². The van der Waals surface area contributed by atoms with Gasteiger partial charge in [-0.05, 0) is 12.1 Å². The highest BCUT2D eigenvalue weighted by Crippen LogP contribution is 2.34. The Morgan fingerprint density at radius 3 is 2.95 bits per heavy atom. The van der Waals surface area contributed by atoms with Gasteiger partial charge < -0.3 is 20.2 Å². The van der Waals surface area contributed by atoms with Gasteiger partial charge in [0.2, 0.25) is 0 Å². The Morgan fingerprint density at radius 2 is 2.16 bits per heavy atom. The standard InChI is InChI=1S/C13H13N3O3/c14-6-8-5-12(17)16-13(15-8)11-7-18-9-3-1-2-4-10(9)19-11/h1-5,11H,6-7,14H2,(H,15,16,17). The first-order valence-electron chi connectivity index (χ1n) is 5.95. The van der Waals surface area contributed by atoms with Crippen LogP contribution in [0.15, 0.2) is 35.1 Å². The van der Waals surface area contributed by atoms with E-state index in [0.717, 1.165) is 0 Å². The maximum atomic E-state index is 11.5. The van der Waals surface area contributed by atoms with Crippen LogP contribution in [0, 0.1) is 0 Å². The molecule has 1 aromatic heterocycles. The maximum Gasteiger partial charge on any atom is 0.251 e. The number of ether oxygens (including phenoxy) is 2. The molecule has 3 N–H and O–H groups in total. The van der Waals surface area contributed by atoms with Gasteiger partial charge >= 0.3 is 0 Å². The van der Waals surface area contributed by atoms with Crippen LogP contribution >= 0.6 is 0 Å². The summed E-state index contributed by atoms with van der Waals surface area (Å²) in [6.07, 6.45) is -0.436. The van der Waals surface area contributed by atoms with Crippen molar-refractivity contribution < 1.29 is 9.47 Å². The molecule has 2 heterocycles. The third-order valence-corrected chi connectivity index (χ3v) is 2.84. The monoisotopic (exact) mass is 259 g/mol. The lowest BCUT2D eigenvalue weighted by atomic mass is 10.2. The Morgan fingerprint density at radius 1 is 1.37 bits per heavy atom. The summed E-state index contributed by atoms with van der Waals surface area (Å²) >= 11 is 0. The van der Waals surface area contributed by atoms with E-state index >= 15 is 0 Å². The minimum Gasteiger partial charge on any atom is -0.485 e. The molecule has 0 saturated heterocycles. The number of nitrogens with zero attached hydrogens (tertiary/aromatic N) is 1. The summed E-state index contributed by atoms with van der Waals surface area (Å²) in [6.45, 7) is 0.509. The molecule has 3 rings (SSSR count). The first kappa shape index (κ1) is 11.7. The Bertz CT molecular complexity index is 654. The normalized spacial score (nSPS) is 17.2. The average molecular weight is 259 g/mol. The number of aromatic amines is 1. The van der Waals surface area contributed by atoms with Crippen LogP contribution in [0.4, 0.5) is 0 Å². The van der Waals surface area contributed by atoms with Crippen LogP contribution in [0.25, 0.3) is 0 Å². The van der Waals surface area contributed by atoms with Crippen molar-refractivity contribution in [2.75, 3.05) is 6.61 Å². The topological polar surface area (TPSA) is 90.2 Å². The summed E-state index contributed by atoms with van der Waals surface area (Å²) in [6, 6.07) is 8.75. The van der Waals surface area contributed by atoms with Crippen LogP contribution in [-0.2, 0) is 6.54 Å². The van der Waals surface area contributed by atoms with Gasteiger partial charge in [-0.15, -0.1) is 0 Å². The zero-order valence-electron chi connectivity index (χ0n) is 10.1. The molecule has 2 aromatic rings. The van der Waals surface area contributed by atoms with E-state index in [1.807, 2.05) is 24.3 Å². The SMILES string of the molecule is NCc1cc(=O)[nH]c(C2COc3ccccc3O2)n1. The molecule has 0 fully saturated rings. The van der Waals surface area contributed by atoms with E-state index in [4.69, 9.17) is 15.2 Å². The third kappa shape index (κ3) is 2.30. The van der Waals surface area contributed by atoms with Crippen molar-refractivity contribution in [3.8, 4) is 11.5 Å². The van der Waals surface area contributed by atoms with E-state index < -0.39 is 6.10 Å². The van der Waals surface area contributed by atoms with Gasteiger partial charge in [0.25, 0.3) is 5.56 Å². The number of hydrogen-bond acceptors (Lipinski definition) is 5. The number of para-hydroxylation sites is 2. The minimum absolute atomic E-state index is 0.209. The molecule has 1 unspecified atom stereocenters. The predicted molar refractivity (Wildman–Crippen MR) is 68.1 cm³/mol. The molecule has 0 aliphatic carbocycles. The van der Waals surface area contributed by atoms with Gasteiger partial charge in [-0.1, -0.05) is 12.1 Å². The smallest absolute Gasteiger partial charge is 0.251 e. The van der Waals surface area contributed by atoms with E-state index in [2.05, 4.69) is 9.97 Å². The Kier molecular flexibility index (Phi) is 2.92. The fourth-order valence-electron chi connectivity index (χ4n) is 1.94. The minimum atomic E-state index is -0.436. The van der Waals surface area contributed by atoms with Crippen molar-refractivity contribution in [1.29, 1.82) is 0 Å².